The summed E-state index contributed by atoms with van der Waals surface area (Å²) in [5.41, 5.74) is 6.29. The Balaban J connectivity index is 5.09. The number of hydrogen-bond donors (Lipinski definition) is 1. The van der Waals surface area contributed by atoms with E-state index in [2.05, 4.69) is 53.4 Å². The van der Waals surface area contributed by atoms with E-state index >= 15 is 0 Å². The van der Waals surface area contributed by atoms with E-state index in [0.29, 0.717) is 17.9 Å². The van der Waals surface area contributed by atoms with Crippen molar-refractivity contribution in [2.45, 2.75) is 79.3 Å². The molecule has 0 aromatic rings. The molecule has 0 rings (SSSR count). The molecule has 1 atom stereocenters. The molecule has 2 heteroatoms. The van der Waals surface area contributed by atoms with Crippen LogP contribution in [0.5, 0.6) is 0 Å². The lowest BCUT2D eigenvalue weighted by Crippen LogP contribution is -2.57. The maximum atomic E-state index is 6.14. The zero-order valence-corrected chi connectivity index (χ0v) is 13.8. The molecule has 18 heavy (non-hydrogen) atoms. The van der Waals surface area contributed by atoms with Crippen LogP contribution in [0.3, 0.4) is 0 Å². The smallest absolute Gasteiger partial charge is 0.0309 e. The van der Waals surface area contributed by atoms with E-state index in [4.69, 9.17) is 5.73 Å². The van der Waals surface area contributed by atoms with Crippen molar-refractivity contribution in [3.63, 3.8) is 0 Å². The number of rotatable bonds is 9. The second-order valence-corrected chi connectivity index (χ2v) is 6.82. The summed E-state index contributed by atoms with van der Waals surface area (Å²) in [5, 5.41) is 0. The first-order valence-corrected chi connectivity index (χ1v) is 7.77. The second-order valence-electron chi connectivity index (χ2n) is 6.82. The van der Waals surface area contributed by atoms with Crippen molar-refractivity contribution in [2.75, 3.05) is 13.1 Å². The summed E-state index contributed by atoms with van der Waals surface area (Å²) in [7, 11) is 0. The first kappa shape index (κ1) is 17.9. The molecule has 110 valence electrons. The fraction of sp³-hybridized carbons (Fsp3) is 1.00. The summed E-state index contributed by atoms with van der Waals surface area (Å²) in [6.45, 7) is 18.1. The molecular weight excluding hydrogens is 220 g/mol. The van der Waals surface area contributed by atoms with Gasteiger partial charge < -0.3 is 5.73 Å². The van der Waals surface area contributed by atoms with Gasteiger partial charge in [0, 0.05) is 24.7 Å². The largest absolute Gasteiger partial charge is 0.329 e. The van der Waals surface area contributed by atoms with Gasteiger partial charge in [-0.3, -0.25) is 4.90 Å². The van der Waals surface area contributed by atoms with Gasteiger partial charge >= 0.3 is 0 Å². The van der Waals surface area contributed by atoms with Crippen LogP contribution in [0.1, 0.15) is 67.7 Å². The zero-order valence-electron chi connectivity index (χ0n) is 13.8. The molecule has 0 fully saturated rings. The normalized spacial score (nSPS) is 16.0. The lowest BCUT2D eigenvalue weighted by atomic mass is 9.86. The van der Waals surface area contributed by atoms with Crippen molar-refractivity contribution in [1.29, 1.82) is 0 Å². The van der Waals surface area contributed by atoms with Gasteiger partial charge in [0.25, 0.3) is 0 Å². The van der Waals surface area contributed by atoms with E-state index in [1.54, 1.807) is 0 Å². The van der Waals surface area contributed by atoms with Crippen molar-refractivity contribution < 1.29 is 0 Å². The van der Waals surface area contributed by atoms with Gasteiger partial charge in [0.15, 0.2) is 0 Å². The molecule has 0 saturated heterocycles. The molecule has 2 nitrogen and oxygen atoms in total. The van der Waals surface area contributed by atoms with Crippen molar-refractivity contribution in [3.05, 3.63) is 0 Å². The van der Waals surface area contributed by atoms with E-state index in [1.165, 1.54) is 19.3 Å². The third kappa shape index (κ3) is 5.27. The summed E-state index contributed by atoms with van der Waals surface area (Å²) in [6, 6.07) is 0.666. The Labute approximate surface area is 115 Å². The first-order valence-electron chi connectivity index (χ1n) is 7.77. The standard InChI is InChI=1S/C16H36N2/c1-8-15(9-2)18(11-14(5)6)16(7,12-17)10-13(3)4/h13-15H,8-12,17H2,1-7H3. The summed E-state index contributed by atoms with van der Waals surface area (Å²) in [5.74, 6) is 1.39. The van der Waals surface area contributed by atoms with Crippen molar-refractivity contribution >= 4 is 0 Å². The maximum Gasteiger partial charge on any atom is 0.0309 e. The number of nitrogens with zero attached hydrogens (tertiary/aromatic N) is 1. The average Bonchev–Trinajstić information content (AvgIpc) is 2.27. The molecule has 0 aliphatic carbocycles. The quantitative estimate of drug-likeness (QED) is 0.678. The molecule has 2 N–H and O–H groups in total. The molecule has 0 saturated carbocycles. The van der Waals surface area contributed by atoms with Crippen molar-refractivity contribution in [1.82, 2.24) is 4.90 Å². The highest BCUT2D eigenvalue weighted by molar-refractivity contribution is 4.92. The monoisotopic (exact) mass is 256 g/mol. The first-order chi connectivity index (χ1) is 8.30. The Hall–Kier alpha value is -0.0800. The highest BCUT2D eigenvalue weighted by Crippen LogP contribution is 2.28. The van der Waals surface area contributed by atoms with E-state index in [1.807, 2.05) is 0 Å². The minimum absolute atomic E-state index is 0.148. The molecule has 0 heterocycles. The lowest BCUT2D eigenvalue weighted by Gasteiger charge is -2.47. The molecule has 0 aliphatic heterocycles. The van der Waals surface area contributed by atoms with Crippen molar-refractivity contribution in [2.24, 2.45) is 17.6 Å². The number of nitrogens with two attached hydrogens (primary N) is 1. The van der Waals surface area contributed by atoms with E-state index in [-0.39, 0.29) is 5.54 Å². The summed E-state index contributed by atoms with van der Waals surface area (Å²) < 4.78 is 0. The SMILES string of the molecule is CCC(CC)N(CC(C)C)C(C)(CN)CC(C)C. The highest BCUT2D eigenvalue weighted by atomic mass is 15.2. The van der Waals surface area contributed by atoms with Gasteiger partial charge in [-0.2, -0.15) is 0 Å². The topological polar surface area (TPSA) is 29.3 Å². The predicted octanol–water partition coefficient (Wildman–Crippen LogP) is 3.90. The van der Waals surface area contributed by atoms with Crippen LogP contribution in [0.15, 0.2) is 0 Å². The third-order valence-electron chi connectivity index (χ3n) is 3.93. The molecule has 0 amide bonds. The van der Waals surface area contributed by atoms with Crippen LogP contribution in [0.4, 0.5) is 0 Å². The van der Waals surface area contributed by atoms with Gasteiger partial charge in [0.05, 0.1) is 0 Å². The van der Waals surface area contributed by atoms with Crippen LogP contribution in [-0.2, 0) is 0 Å². The van der Waals surface area contributed by atoms with Gasteiger partial charge in [0.1, 0.15) is 0 Å². The zero-order chi connectivity index (χ0) is 14.3. The summed E-state index contributed by atoms with van der Waals surface area (Å²) in [4.78, 5) is 2.69. The summed E-state index contributed by atoms with van der Waals surface area (Å²) >= 11 is 0. The molecule has 0 aromatic carbocycles. The second kappa shape index (κ2) is 8.16. The summed E-state index contributed by atoms with van der Waals surface area (Å²) in [6.07, 6.45) is 3.63. The lowest BCUT2D eigenvalue weighted by molar-refractivity contribution is 0.0297. The van der Waals surface area contributed by atoms with Gasteiger partial charge in [-0.1, -0.05) is 41.5 Å². The van der Waals surface area contributed by atoms with Gasteiger partial charge in [-0.05, 0) is 38.0 Å². The molecule has 0 spiro atoms. The van der Waals surface area contributed by atoms with Crippen LogP contribution in [0, 0.1) is 11.8 Å². The Morgan fingerprint density at radius 3 is 1.78 bits per heavy atom. The molecule has 0 bridgehead atoms. The Morgan fingerprint density at radius 1 is 1.00 bits per heavy atom. The van der Waals surface area contributed by atoms with Gasteiger partial charge in [0.2, 0.25) is 0 Å². The predicted molar refractivity (Wildman–Crippen MR) is 82.8 cm³/mol. The number of hydrogen-bond acceptors (Lipinski definition) is 2. The van der Waals surface area contributed by atoms with Gasteiger partial charge in [-0.25, -0.2) is 0 Å². The van der Waals surface area contributed by atoms with Crippen LogP contribution in [0.2, 0.25) is 0 Å². The average molecular weight is 256 g/mol. The highest BCUT2D eigenvalue weighted by Gasteiger charge is 2.34. The minimum Gasteiger partial charge on any atom is -0.329 e. The Kier molecular flexibility index (Phi) is 8.13. The molecular formula is C16H36N2. The van der Waals surface area contributed by atoms with E-state index in [0.717, 1.165) is 13.1 Å². The minimum atomic E-state index is 0.148. The van der Waals surface area contributed by atoms with Crippen molar-refractivity contribution in [3.8, 4) is 0 Å². The molecule has 0 radical (unpaired) electrons. The maximum absolute atomic E-state index is 6.14. The van der Waals surface area contributed by atoms with Crippen LogP contribution in [0.25, 0.3) is 0 Å². The fourth-order valence-corrected chi connectivity index (χ4v) is 3.13. The van der Waals surface area contributed by atoms with E-state index in [9.17, 15) is 0 Å². The van der Waals surface area contributed by atoms with Crippen LogP contribution in [-0.4, -0.2) is 29.6 Å². The van der Waals surface area contributed by atoms with Crippen LogP contribution < -0.4 is 5.73 Å². The van der Waals surface area contributed by atoms with E-state index < -0.39 is 0 Å². The molecule has 0 aliphatic rings. The molecule has 1 unspecified atom stereocenters. The Morgan fingerprint density at radius 2 is 1.50 bits per heavy atom. The molecule has 0 aromatic heterocycles. The Bertz CT molecular complexity index is 209. The fourth-order valence-electron chi connectivity index (χ4n) is 3.13. The third-order valence-corrected chi connectivity index (χ3v) is 3.93. The van der Waals surface area contributed by atoms with Crippen LogP contribution >= 0.6 is 0 Å². The van der Waals surface area contributed by atoms with Gasteiger partial charge in [-0.15, -0.1) is 0 Å².